The van der Waals surface area contributed by atoms with Crippen LogP contribution in [0.25, 0.3) is 22.8 Å². The fourth-order valence-electron chi connectivity index (χ4n) is 3.40. The molecule has 1 unspecified atom stereocenters. The smallest absolute Gasteiger partial charge is 0.259 e. The summed E-state index contributed by atoms with van der Waals surface area (Å²) in [6.45, 7) is 7.28. The van der Waals surface area contributed by atoms with Crippen molar-refractivity contribution in [2.24, 2.45) is 0 Å². The van der Waals surface area contributed by atoms with Crippen LogP contribution < -0.4 is 4.74 Å². The molecule has 1 aliphatic heterocycles. The second-order valence-electron chi connectivity index (χ2n) is 8.60. The summed E-state index contributed by atoms with van der Waals surface area (Å²) in [5, 5.41) is 29.5. The maximum Gasteiger partial charge on any atom is 0.259 e. The van der Waals surface area contributed by atoms with Gasteiger partial charge >= 0.3 is 0 Å². The molecule has 2 aromatic heterocycles. The number of hydrogen-bond donors (Lipinski definition) is 2. The Bertz CT molecular complexity index is 1140. The predicted octanol–water partition coefficient (Wildman–Crippen LogP) is 2.85. The molecule has 1 aromatic carbocycles. The molecule has 0 fully saturated rings. The molecule has 0 radical (unpaired) electrons. The number of pyridine rings is 1. The fraction of sp³-hybridized carbons (Fsp3) is 0.440. The van der Waals surface area contributed by atoms with Crippen LogP contribution >= 0.6 is 0 Å². The van der Waals surface area contributed by atoms with E-state index in [1.54, 1.807) is 12.3 Å². The Morgan fingerprint density at radius 2 is 1.85 bits per heavy atom. The van der Waals surface area contributed by atoms with Crippen LogP contribution in [0.15, 0.2) is 35.0 Å². The number of aliphatic hydroxyl groups is 2. The van der Waals surface area contributed by atoms with Gasteiger partial charge in [0, 0.05) is 24.8 Å². The number of aliphatic hydroxyl groups excluding tert-OH is 2. The van der Waals surface area contributed by atoms with Crippen molar-refractivity contribution in [3.05, 3.63) is 47.2 Å². The monoisotopic (exact) mass is 465 g/mol. The average Bonchev–Trinajstić information content (AvgIpc) is 3.24. The maximum atomic E-state index is 9.40. The molecule has 0 saturated carbocycles. The summed E-state index contributed by atoms with van der Waals surface area (Å²) < 4.78 is 11.0. The van der Waals surface area contributed by atoms with Crippen molar-refractivity contribution in [3.63, 3.8) is 0 Å². The first-order valence-corrected chi connectivity index (χ1v) is 11.3. The molecule has 0 amide bonds. The third-order valence-electron chi connectivity index (χ3n) is 5.25. The SMILES string of the molecule is CC(C)Oc1ncc(-c2nc(-c3ccc4c(c3)CCN(C)CC4)no2)cc1C#N.CC(O)CO. The Hall–Kier alpha value is -3.32. The van der Waals surface area contributed by atoms with Crippen LogP contribution in [-0.2, 0) is 12.8 Å². The number of aromatic nitrogens is 3. The van der Waals surface area contributed by atoms with Gasteiger partial charge in [-0.1, -0.05) is 17.3 Å². The third kappa shape index (κ3) is 6.60. The summed E-state index contributed by atoms with van der Waals surface area (Å²) in [4.78, 5) is 11.1. The van der Waals surface area contributed by atoms with E-state index in [4.69, 9.17) is 19.5 Å². The van der Waals surface area contributed by atoms with Crippen LogP contribution in [0.1, 0.15) is 37.5 Å². The topological polar surface area (TPSA) is 129 Å². The number of nitrogens with zero attached hydrogens (tertiary/aromatic N) is 5. The van der Waals surface area contributed by atoms with Gasteiger partial charge in [0.15, 0.2) is 0 Å². The summed E-state index contributed by atoms with van der Waals surface area (Å²) in [5.74, 6) is 1.16. The van der Waals surface area contributed by atoms with E-state index in [1.165, 1.54) is 18.1 Å². The van der Waals surface area contributed by atoms with Gasteiger partial charge in [-0.3, -0.25) is 0 Å². The molecule has 180 valence electrons. The van der Waals surface area contributed by atoms with Gasteiger partial charge in [-0.15, -0.1) is 0 Å². The van der Waals surface area contributed by atoms with Crippen LogP contribution in [0.4, 0.5) is 0 Å². The Kier molecular flexibility index (Phi) is 8.71. The van der Waals surface area contributed by atoms with E-state index >= 15 is 0 Å². The first kappa shape index (κ1) is 25.3. The van der Waals surface area contributed by atoms with E-state index in [2.05, 4.69) is 45.3 Å². The molecule has 2 N–H and O–H groups in total. The van der Waals surface area contributed by atoms with Crippen molar-refractivity contribution < 1.29 is 19.5 Å². The Morgan fingerprint density at radius 3 is 2.50 bits per heavy atom. The molecule has 0 aliphatic carbocycles. The van der Waals surface area contributed by atoms with Crippen molar-refractivity contribution in [3.8, 4) is 34.8 Å². The second-order valence-corrected chi connectivity index (χ2v) is 8.60. The molecule has 0 bridgehead atoms. The lowest BCUT2D eigenvalue weighted by Gasteiger charge is -2.10. The van der Waals surface area contributed by atoms with E-state index in [0.29, 0.717) is 28.7 Å². The van der Waals surface area contributed by atoms with E-state index in [0.717, 1.165) is 31.5 Å². The number of rotatable bonds is 5. The standard InChI is InChI=1S/C22H23N5O2.C3H8O2/c1-14(2)28-21-18(12-23)11-19(13-24-21)22-25-20(26-29-22)17-5-4-15-6-8-27(3)9-7-16(15)10-17;1-3(5)2-4/h4-5,10-11,13-14H,6-9H2,1-3H3;3-5H,2H2,1H3. The lowest BCUT2D eigenvalue weighted by atomic mass is 10.00. The lowest BCUT2D eigenvalue weighted by molar-refractivity contribution is 0.110. The molecule has 3 aromatic rings. The van der Waals surface area contributed by atoms with Crippen molar-refractivity contribution in [1.82, 2.24) is 20.0 Å². The molecule has 1 aliphatic rings. The minimum absolute atomic E-state index is 0.0662. The molecule has 9 nitrogen and oxygen atoms in total. The van der Waals surface area contributed by atoms with Crippen molar-refractivity contribution >= 4 is 0 Å². The fourth-order valence-corrected chi connectivity index (χ4v) is 3.40. The number of nitriles is 1. The summed E-state index contributed by atoms with van der Waals surface area (Å²) in [5.41, 5.74) is 4.57. The highest BCUT2D eigenvalue weighted by Gasteiger charge is 2.17. The zero-order chi connectivity index (χ0) is 24.7. The molecule has 0 spiro atoms. The van der Waals surface area contributed by atoms with E-state index in [-0.39, 0.29) is 12.7 Å². The molecule has 9 heteroatoms. The number of hydrogen-bond acceptors (Lipinski definition) is 9. The highest BCUT2D eigenvalue weighted by molar-refractivity contribution is 5.62. The first-order chi connectivity index (χ1) is 16.3. The maximum absolute atomic E-state index is 9.40. The summed E-state index contributed by atoms with van der Waals surface area (Å²) in [6.07, 6.45) is 3.02. The molecular formula is C25H31N5O4. The Labute approximate surface area is 199 Å². The van der Waals surface area contributed by atoms with E-state index in [1.807, 2.05) is 19.9 Å². The number of ether oxygens (including phenoxy) is 1. The average molecular weight is 466 g/mol. The van der Waals surface area contributed by atoms with Crippen LogP contribution in [0.2, 0.25) is 0 Å². The van der Waals surface area contributed by atoms with E-state index < -0.39 is 6.10 Å². The molecule has 3 heterocycles. The number of likely N-dealkylation sites (N-methyl/N-ethyl adjacent to an activating group) is 1. The normalized spacial score (nSPS) is 14.4. The summed E-state index contributed by atoms with van der Waals surface area (Å²) in [7, 11) is 2.15. The Morgan fingerprint density at radius 1 is 1.15 bits per heavy atom. The molecular weight excluding hydrogens is 434 g/mol. The lowest BCUT2D eigenvalue weighted by Crippen LogP contribution is -2.20. The van der Waals surface area contributed by atoms with Crippen molar-refractivity contribution in [1.29, 1.82) is 5.26 Å². The quantitative estimate of drug-likeness (QED) is 0.584. The van der Waals surface area contributed by atoms with Gasteiger partial charge in [0.25, 0.3) is 5.89 Å². The number of benzene rings is 1. The van der Waals surface area contributed by atoms with Gasteiger partial charge in [-0.05, 0) is 63.9 Å². The van der Waals surface area contributed by atoms with Gasteiger partial charge in [0.1, 0.15) is 11.6 Å². The van der Waals surface area contributed by atoms with Gasteiger partial charge in [-0.2, -0.15) is 10.2 Å². The van der Waals surface area contributed by atoms with Crippen LogP contribution in [0, 0.1) is 11.3 Å². The second kappa shape index (κ2) is 11.7. The van der Waals surface area contributed by atoms with Gasteiger partial charge in [-0.25, -0.2) is 4.98 Å². The van der Waals surface area contributed by atoms with Crippen molar-refractivity contribution in [2.45, 2.75) is 45.8 Å². The molecule has 34 heavy (non-hydrogen) atoms. The van der Waals surface area contributed by atoms with E-state index in [9.17, 15) is 5.26 Å². The highest BCUT2D eigenvalue weighted by Crippen LogP contribution is 2.27. The van der Waals surface area contributed by atoms with Gasteiger partial charge in [0.05, 0.1) is 24.4 Å². The molecule has 4 rings (SSSR count). The minimum atomic E-state index is -0.560. The van der Waals surface area contributed by atoms with Crippen LogP contribution in [-0.4, -0.2) is 69.2 Å². The first-order valence-electron chi connectivity index (χ1n) is 11.3. The largest absolute Gasteiger partial charge is 0.474 e. The summed E-state index contributed by atoms with van der Waals surface area (Å²) in [6, 6.07) is 10.1. The molecule has 1 atom stereocenters. The summed E-state index contributed by atoms with van der Waals surface area (Å²) >= 11 is 0. The minimum Gasteiger partial charge on any atom is -0.474 e. The zero-order valence-corrected chi connectivity index (χ0v) is 20.0. The molecule has 0 saturated heterocycles. The predicted molar refractivity (Wildman–Crippen MR) is 127 cm³/mol. The van der Waals surface area contributed by atoms with Crippen LogP contribution in [0.3, 0.4) is 0 Å². The van der Waals surface area contributed by atoms with Crippen LogP contribution in [0.5, 0.6) is 5.88 Å². The third-order valence-corrected chi connectivity index (χ3v) is 5.25. The highest BCUT2D eigenvalue weighted by atomic mass is 16.5. The number of fused-ring (bicyclic) bond motifs is 1. The Balaban J connectivity index is 0.000000588. The van der Waals surface area contributed by atoms with Gasteiger partial charge < -0.3 is 24.4 Å². The van der Waals surface area contributed by atoms with Crippen molar-refractivity contribution in [2.75, 3.05) is 26.7 Å². The zero-order valence-electron chi connectivity index (χ0n) is 20.0. The van der Waals surface area contributed by atoms with Gasteiger partial charge in [0.2, 0.25) is 11.7 Å².